The number of phosphoric acid groups is 3. The van der Waals surface area contributed by atoms with Gasteiger partial charge in [0.05, 0.1) is 15.6 Å². The first-order valence-electron chi connectivity index (χ1n) is 11.7. The molecule has 0 saturated carbocycles. The molecule has 0 atom stereocenters. The standard InChI is InChI=1S/5C5H5N.H5O10P3/c5*1-2-4-6-5-3-1;1-11(2,3)9-13(7,8)10-12(4,5)6/h5*1-5H;(H,7,8)(H2,1,2,3)(H2,4,5,6). The summed E-state index contributed by atoms with van der Waals surface area (Å²) in [4.78, 5) is 63.1. The number of rotatable bonds is 4. The summed E-state index contributed by atoms with van der Waals surface area (Å²) in [6.45, 7) is 0. The third-order valence-electron chi connectivity index (χ3n) is 3.44. The Kier molecular flexibility index (Phi) is 22.5. The highest BCUT2D eigenvalue weighted by molar-refractivity contribution is 7.64. The van der Waals surface area contributed by atoms with E-state index in [0.29, 0.717) is 0 Å². The minimum Gasteiger partial charge on any atom is -0.790 e. The Labute approximate surface area is 248 Å². The Morgan fingerprint density at radius 3 is 0.558 bits per heavy atom. The number of aromatic amines is 5. The Bertz CT molecular complexity index is 1060. The first kappa shape index (κ1) is 39.2. The van der Waals surface area contributed by atoms with Gasteiger partial charge in [-0.1, -0.05) is 30.3 Å². The number of H-pyrrole nitrogens is 5. The smallest absolute Gasteiger partial charge is 0.275 e. The van der Waals surface area contributed by atoms with Crippen LogP contribution in [0.4, 0.5) is 0 Å². The Hall–Kier alpha value is -3.84. The molecule has 0 fully saturated rings. The second-order valence-electron chi connectivity index (χ2n) is 6.89. The van der Waals surface area contributed by atoms with Crippen LogP contribution in [0, 0.1) is 0 Å². The van der Waals surface area contributed by atoms with E-state index in [-0.39, 0.29) is 0 Å². The summed E-state index contributed by atoms with van der Waals surface area (Å²) in [5.41, 5.74) is 0. The van der Waals surface area contributed by atoms with Gasteiger partial charge in [-0.15, -0.1) is 0 Å². The lowest BCUT2D eigenvalue weighted by Gasteiger charge is -2.40. The molecule has 0 aliphatic heterocycles. The van der Waals surface area contributed by atoms with E-state index in [9.17, 15) is 38.2 Å². The van der Waals surface area contributed by atoms with Crippen molar-refractivity contribution in [3.8, 4) is 0 Å². The number of nitrogens with one attached hydrogen (secondary N) is 5. The van der Waals surface area contributed by atoms with Crippen LogP contribution in [0.15, 0.2) is 153 Å². The average Bonchev–Trinajstić information content (AvgIpc) is 3.01. The van der Waals surface area contributed by atoms with Gasteiger partial charge >= 0.3 is 0 Å². The fourth-order valence-corrected chi connectivity index (χ4v) is 4.32. The molecule has 18 heteroatoms. The van der Waals surface area contributed by atoms with E-state index in [1.54, 1.807) is 0 Å². The van der Waals surface area contributed by atoms with Crippen LogP contribution in [0.3, 0.4) is 0 Å². The van der Waals surface area contributed by atoms with Crippen LogP contribution < -0.4 is 49.4 Å². The molecule has 0 aliphatic rings. The molecule has 0 amide bonds. The van der Waals surface area contributed by atoms with E-state index < -0.39 is 23.5 Å². The lowest BCUT2D eigenvalue weighted by Crippen LogP contribution is -2.22. The highest BCUT2D eigenvalue weighted by Crippen LogP contribution is 2.57. The summed E-state index contributed by atoms with van der Waals surface area (Å²) in [5, 5.41) is 0. The van der Waals surface area contributed by atoms with Crippen molar-refractivity contribution in [3.05, 3.63) is 153 Å². The summed E-state index contributed by atoms with van der Waals surface area (Å²) < 4.78 is 34.7. The van der Waals surface area contributed by atoms with Gasteiger partial charge in [-0.05, 0) is 0 Å². The van der Waals surface area contributed by atoms with Crippen molar-refractivity contribution in [2.45, 2.75) is 0 Å². The van der Waals surface area contributed by atoms with Crippen molar-refractivity contribution in [1.29, 1.82) is 0 Å². The largest absolute Gasteiger partial charge is 0.790 e. The maximum Gasteiger partial charge on any atom is 0.275 e. The molecule has 5 aromatic rings. The maximum absolute atomic E-state index is 10.1. The van der Waals surface area contributed by atoms with Crippen molar-refractivity contribution in [1.82, 2.24) is 0 Å². The van der Waals surface area contributed by atoms with Gasteiger partial charge in [0.2, 0.25) is 0 Å². The van der Waals surface area contributed by atoms with Crippen LogP contribution in [0.5, 0.6) is 0 Å². The molecule has 5 N–H and O–H groups in total. The highest BCUT2D eigenvalue weighted by Gasteiger charge is 2.13. The summed E-state index contributed by atoms with van der Waals surface area (Å²) in [7, 11) is -17.9. The second-order valence-corrected chi connectivity index (χ2v) is 10.9. The second kappa shape index (κ2) is 24.7. The Morgan fingerprint density at radius 2 is 0.488 bits per heavy atom. The van der Waals surface area contributed by atoms with Crippen molar-refractivity contribution in [3.63, 3.8) is 0 Å². The quantitative estimate of drug-likeness (QED) is 0.206. The van der Waals surface area contributed by atoms with E-state index in [1.165, 1.54) is 0 Å². The molecule has 5 aromatic heterocycles. The van der Waals surface area contributed by atoms with Gasteiger partial charge in [0.15, 0.2) is 62.0 Å². The molecule has 0 bridgehead atoms. The summed E-state index contributed by atoms with van der Waals surface area (Å²) in [6.07, 6.45) is 18.8. The van der Waals surface area contributed by atoms with Gasteiger partial charge in [-0.2, -0.15) is 0 Å². The van der Waals surface area contributed by atoms with E-state index >= 15 is 0 Å². The summed E-state index contributed by atoms with van der Waals surface area (Å²) in [5.74, 6) is 0. The molecule has 0 spiro atoms. The zero-order chi connectivity index (χ0) is 32.1. The molecular weight excluding hydrogens is 623 g/mol. The van der Waals surface area contributed by atoms with Crippen LogP contribution in [0.25, 0.3) is 0 Å². The van der Waals surface area contributed by atoms with E-state index in [0.717, 1.165) is 0 Å². The minimum absolute atomic E-state index is 1.88. The summed E-state index contributed by atoms with van der Waals surface area (Å²) >= 11 is 0. The van der Waals surface area contributed by atoms with Crippen LogP contribution in [0.2, 0.25) is 0 Å². The van der Waals surface area contributed by atoms with Crippen molar-refractivity contribution >= 4 is 23.5 Å². The molecule has 0 aliphatic carbocycles. The lowest BCUT2D eigenvalue weighted by molar-refractivity contribution is -0.378. The van der Waals surface area contributed by atoms with Gasteiger partial charge in [0, 0.05) is 60.7 Å². The molecule has 5 heterocycles. The van der Waals surface area contributed by atoms with Gasteiger partial charge < -0.3 is 33.6 Å². The number of hydrogen-bond donors (Lipinski definition) is 0. The van der Waals surface area contributed by atoms with Gasteiger partial charge in [-0.25, -0.2) is 24.9 Å². The van der Waals surface area contributed by atoms with Crippen LogP contribution in [-0.4, -0.2) is 0 Å². The molecule has 43 heavy (non-hydrogen) atoms. The minimum atomic E-state index is -5.97. The average molecular weight is 653 g/mol. The maximum atomic E-state index is 10.1. The first-order chi connectivity index (χ1) is 20.4. The zero-order valence-corrected chi connectivity index (χ0v) is 25.0. The number of aromatic nitrogens is 5. The number of pyridine rings is 5. The molecule has 230 valence electrons. The normalized spacial score (nSPS) is 9.98. The fourth-order valence-electron chi connectivity index (χ4n) is 1.97. The molecule has 5 rings (SSSR count). The predicted octanol–water partition coefficient (Wildman–Crippen LogP) is -1.35. The summed E-state index contributed by atoms with van der Waals surface area (Å²) in [6, 6.07) is 29.3. The molecule has 0 radical (unpaired) electrons. The zero-order valence-electron chi connectivity index (χ0n) is 22.4. The van der Waals surface area contributed by atoms with Crippen molar-refractivity contribution < 1.29 is 71.7 Å². The van der Waals surface area contributed by atoms with Gasteiger partial charge in [-0.3, -0.25) is 13.2 Å². The van der Waals surface area contributed by atoms with Crippen molar-refractivity contribution in [2.75, 3.05) is 0 Å². The molecule has 0 aromatic carbocycles. The third kappa shape index (κ3) is 34.3. The van der Waals surface area contributed by atoms with Crippen LogP contribution in [0.1, 0.15) is 0 Å². The molecule has 15 nitrogen and oxygen atoms in total. The van der Waals surface area contributed by atoms with Gasteiger partial charge in [0.25, 0.3) is 7.82 Å². The molecular formula is C25H30N5O10P3. The van der Waals surface area contributed by atoms with Crippen LogP contribution >= 0.6 is 23.5 Å². The Balaban J connectivity index is 0.000000509. The van der Waals surface area contributed by atoms with Crippen molar-refractivity contribution in [2.24, 2.45) is 0 Å². The molecule has 0 unspecified atom stereocenters. The SMILES string of the molecule is O=P([O-])([O-])OP(=O)([O-])OP(=O)([O-])[O-].c1cc[nH+]cc1.c1cc[nH+]cc1.c1cc[nH+]cc1.c1cc[nH+]cc1.c1cc[nH+]cc1. The fraction of sp³-hybridized carbons (Fsp3) is 0. The monoisotopic (exact) mass is 653 g/mol. The van der Waals surface area contributed by atoms with E-state index in [4.69, 9.17) is 0 Å². The number of hydrogen-bond acceptors (Lipinski definition) is 10. The third-order valence-corrected chi connectivity index (χ3v) is 6.64. The van der Waals surface area contributed by atoms with E-state index in [2.05, 4.69) is 33.5 Å². The van der Waals surface area contributed by atoms with Gasteiger partial charge in [0.1, 0.15) is 0 Å². The predicted molar refractivity (Wildman–Crippen MR) is 140 cm³/mol. The first-order valence-corrected chi connectivity index (χ1v) is 16.1. The van der Waals surface area contributed by atoms with Crippen LogP contribution in [-0.2, 0) is 22.3 Å². The topological polar surface area (TPSA) is 256 Å². The Morgan fingerprint density at radius 1 is 0.326 bits per heavy atom. The highest BCUT2D eigenvalue weighted by atomic mass is 31.3. The molecule has 0 saturated heterocycles. The lowest BCUT2D eigenvalue weighted by atomic mass is 10.5. The van der Waals surface area contributed by atoms with E-state index in [1.807, 2.05) is 153 Å².